The van der Waals surface area contributed by atoms with Crippen molar-refractivity contribution in [3.8, 4) is 11.5 Å². The van der Waals surface area contributed by atoms with E-state index < -0.39 is 0 Å². The minimum Gasteiger partial charge on any atom is -0.493 e. The average molecular weight is 460 g/mol. The highest BCUT2D eigenvalue weighted by Gasteiger charge is 2.32. The number of aromatic nitrogens is 2. The third-order valence-electron chi connectivity index (χ3n) is 6.96. The second-order valence-electron chi connectivity index (χ2n) is 9.30. The quantitative estimate of drug-likeness (QED) is 0.445. The van der Waals surface area contributed by atoms with E-state index in [1.54, 1.807) is 7.11 Å². The Morgan fingerprint density at radius 2 is 1.81 bits per heavy atom. The summed E-state index contributed by atoms with van der Waals surface area (Å²) in [7, 11) is 1.68. The van der Waals surface area contributed by atoms with Gasteiger partial charge in [0, 0.05) is 43.2 Å². The summed E-state index contributed by atoms with van der Waals surface area (Å²) in [5, 5.41) is 4.80. The van der Waals surface area contributed by atoms with Gasteiger partial charge in [0.15, 0.2) is 11.5 Å². The van der Waals surface area contributed by atoms with Gasteiger partial charge in [-0.3, -0.25) is 0 Å². The molecule has 32 heavy (non-hydrogen) atoms. The number of halogens is 1. The number of nitrogens with zero attached hydrogens (tertiary/aromatic N) is 4. The van der Waals surface area contributed by atoms with Crippen LogP contribution in [0, 0.1) is 0 Å². The molecule has 0 radical (unpaired) electrons. The lowest BCUT2D eigenvalue weighted by atomic mass is 10.0. The molecule has 7 nitrogen and oxygen atoms in total. The summed E-state index contributed by atoms with van der Waals surface area (Å²) in [6.45, 7) is 6.46. The standard InChI is InChI=1S/C24H34ClN5O2/c1-31-21-15-19-20(16-22(21)32-14-4-11-29-9-2-3-10-29)27-24(25)28-23(19)26-17-7-12-30(13-8-17)18-5-6-18/h15-18H,2-14H2,1H3,(H,26,27,28). The van der Waals surface area contributed by atoms with Crippen molar-refractivity contribution in [2.45, 2.75) is 57.0 Å². The van der Waals surface area contributed by atoms with Crippen molar-refractivity contribution in [3.05, 3.63) is 17.4 Å². The van der Waals surface area contributed by atoms with Gasteiger partial charge in [-0.2, -0.15) is 0 Å². The van der Waals surface area contributed by atoms with E-state index in [9.17, 15) is 0 Å². The van der Waals surface area contributed by atoms with Crippen molar-refractivity contribution < 1.29 is 9.47 Å². The zero-order valence-corrected chi connectivity index (χ0v) is 19.7. The van der Waals surface area contributed by atoms with Gasteiger partial charge in [-0.25, -0.2) is 9.97 Å². The zero-order chi connectivity index (χ0) is 21.9. The van der Waals surface area contributed by atoms with Crippen LogP contribution in [0.15, 0.2) is 12.1 Å². The lowest BCUT2D eigenvalue weighted by Crippen LogP contribution is -2.40. The summed E-state index contributed by atoms with van der Waals surface area (Å²) >= 11 is 6.29. The number of piperidine rings is 1. The fourth-order valence-corrected chi connectivity index (χ4v) is 5.18. The summed E-state index contributed by atoms with van der Waals surface area (Å²) < 4.78 is 11.7. The second-order valence-corrected chi connectivity index (χ2v) is 9.64. The molecule has 0 spiro atoms. The van der Waals surface area contributed by atoms with Crippen LogP contribution in [0.2, 0.25) is 5.28 Å². The first-order valence-electron chi connectivity index (χ1n) is 12.1. The summed E-state index contributed by atoms with van der Waals surface area (Å²) in [6.07, 6.45) is 8.60. The minimum absolute atomic E-state index is 0.251. The van der Waals surface area contributed by atoms with E-state index in [0.717, 1.165) is 61.7 Å². The second kappa shape index (κ2) is 9.98. The lowest BCUT2D eigenvalue weighted by molar-refractivity contribution is 0.210. The molecule has 0 atom stereocenters. The summed E-state index contributed by atoms with van der Waals surface area (Å²) in [6, 6.07) is 5.14. The smallest absolute Gasteiger partial charge is 0.224 e. The number of anilines is 1. The molecule has 1 aromatic carbocycles. The first kappa shape index (κ1) is 22.0. The van der Waals surface area contributed by atoms with Gasteiger partial charge in [0.05, 0.1) is 19.2 Å². The molecule has 2 aromatic rings. The molecule has 8 heteroatoms. The average Bonchev–Trinajstić information content (AvgIpc) is 3.52. The lowest BCUT2D eigenvalue weighted by Gasteiger charge is -2.32. The Kier molecular flexibility index (Phi) is 6.85. The Hall–Kier alpha value is -1.83. The van der Waals surface area contributed by atoms with E-state index in [1.807, 2.05) is 12.1 Å². The van der Waals surface area contributed by atoms with Gasteiger partial charge < -0.3 is 24.6 Å². The van der Waals surface area contributed by atoms with Gasteiger partial charge in [0.25, 0.3) is 0 Å². The van der Waals surface area contributed by atoms with Crippen LogP contribution >= 0.6 is 11.6 Å². The molecular weight excluding hydrogens is 426 g/mol. The maximum absolute atomic E-state index is 6.29. The number of ether oxygens (including phenoxy) is 2. The maximum Gasteiger partial charge on any atom is 0.224 e. The molecule has 1 aliphatic carbocycles. The van der Waals surface area contributed by atoms with Crippen LogP contribution in [0.4, 0.5) is 5.82 Å². The van der Waals surface area contributed by atoms with E-state index in [1.165, 1.54) is 38.8 Å². The van der Waals surface area contributed by atoms with Crippen molar-refractivity contribution >= 4 is 28.3 Å². The normalized spacial score (nSPS) is 20.7. The molecule has 3 aliphatic rings. The van der Waals surface area contributed by atoms with Crippen LogP contribution < -0.4 is 14.8 Å². The molecule has 174 valence electrons. The third kappa shape index (κ3) is 5.21. The fourth-order valence-electron chi connectivity index (χ4n) is 5.01. The zero-order valence-electron chi connectivity index (χ0n) is 19.0. The van der Waals surface area contributed by atoms with E-state index >= 15 is 0 Å². The number of nitrogens with one attached hydrogen (secondary N) is 1. The third-order valence-corrected chi connectivity index (χ3v) is 7.13. The molecule has 1 N–H and O–H groups in total. The molecule has 1 aromatic heterocycles. The van der Waals surface area contributed by atoms with Crippen LogP contribution in [-0.4, -0.2) is 78.3 Å². The Labute approximate surface area is 195 Å². The molecular formula is C24H34ClN5O2. The topological polar surface area (TPSA) is 62.8 Å². The molecule has 3 fully saturated rings. The number of benzene rings is 1. The van der Waals surface area contributed by atoms with Crippen LogP contribution in [0.1, 0.15) is 44.9 Å². The number of hydrogen-bond donors (Lipinski definition) is 1. The van der Waals surface area contributed by atoms with Crippen molar-refractivity contribution in [3.63, 3.8) is 0 Å². The van der Waals surface area contributed by atoms with Gasteiger partial charge in [-0.15, -0.1) is 0 Å². The van der Waals surface area contributed by atoms with Crippen LogP contribution in [-0.2, 0) is 0 Å². The van der Waals surface area contributed by atoms with Crippen molar-refractivity contribution in [2.75, 3.05) is 51.8 Å². The SMILES string of the molecule is COc1cc2c(NC3CCN(C4CC4)CC3)nc(Cl)nc2cc1OCCCN1CCCC1. The molecule has 3 heterocycles. The highest BCUT2D eigenvalue weighted by molar-refractivity contribution is 6.28. The summed E-state index contributed by atoms with van der Waals surface area (Å²) in [5.41, 5.74) is 0.776. The monoisotopic (exact) mass is 459 g/mol. The van der Waals surface area contributed by atoms with Gasteiger partial charge >= 0.3 is 0 Å². The molecule has 0 bridgehead atoms. The summed E-state index contributed by atoms with van der Waals surface area (Å²) in [5.74, 6) is 2.19. The van der Waals surface area contributed by atoms with Gasteiger partial charge in [-0.1, -0.05) is 0 Å². The predicted molar refractivity (Wildman–Crippen MR) is 128 cm³/mol. The van der Waals surface area contributed by atoms with Crippen molar-refractivity contribution in [1.82, 2.24) is 19.8 Å². The number of fused-ring (bicyclic) bond motifs is 1. The molecule has 5 rings (SSSR count). The first-order chi connectivity index (χ1) is 15.7. The first-order valence-corrected chi connectivity index (χ1v) is 12.5. The molecule has 1 saturated carbocycles. The highest BCUT2D eigenvalue weighted by atomic mass is 35.5. The summed E-state index contributed by atoms with van der Waals surface area (Å²) in [4.78, 5) is 14.1. The molecule has 0 unspecified atom stereocenters. The fraction of sp³-hybridized carbons (Fsp3) is 0.667. The Morgan fingerprint density at radius 1 is 1.03 bits per heavy atom. The predicted octanol–water partition coefficient (Wildman–Crippen LogP) is 4.20. The largest absolute Gasteiger partial charge is 0.493 e. The Bertz CT molecular complexity index is 924. The molecule has 2 saturated heterocycles. The Balaban J connectivity index is 1.27. The van der Waals surface area contributed by atoms with E-state index in [4.69, 9.17) is 21.1 Å². The van der Waals surface area contributed by atoms with Crippen LogP contribution in [0.25, 0.3) is 10.9 Å². The maximum atomic E-state index is 6.29. The molecule has 2 aliphatic heterocycles. The number of rotatable bonds is 9. The Morgan fingerprint density at radius 3 is 2.53 bits per heavy atom. The number of hydrogen-bond acceptors (Lipinski definition) is 7. The van der Waals surface area contributed by atoms with E-state index in [2.05, 4.69) is 25.1 Å². The van der Waals surface area contributed by atoms with Crippen LogP contribution in [0.3, 0.4) is 0 Å². The molecule has 0 amide bonds. The minimum atomic E-state index is 0.251. The van der Waals surface area contributed by atoms with Crippen LogP contribution in [0.5, 0.6) is 11.5 Å². The van der Waals surface area contributed by atoms with Gasteiger partial charge in [0.2, 0.25) is 5.28 Å². The van der Waals surface area contributed by atoms with Gasteiger partial charge in [0.1, 0.15) is 5.82 Å². The number of likely N-dealkylation sites (tertiary alicyclic amines) is 2. The highest BCUT2D eigenvalue weighted by Crippen LogP contribution is 2.36. The van der Waals surface area contributed by atoms with E-state index in [-0.39, 0.29) is 5.28 Å². The van der Waals surface area contributed by atoms with Crippen molar-refractivity contribution in [1.29, 1.82) is 0 Å². The number of methoxy groups -OCH3 is 1. The van der Waals surface area contributed by atoms with Gasteiger partial charge in [-0.05, 0) is 75.7 Å². The van der Waals surface area contributed by atoms with E-state index in [0.29, 0.717) is 24.1 Å². The van der Waals surface area contributed by atoms with Crippen molar-refractivity contribution in [2.24, 2.45) is 0 Å².